The van der Waals surface area contributed by atoms with Crippen LogP contribution in [0.5, 0.6) is 11.5 Å². The second-order valence-electron chi connectivity index (χ2n) is 9.30. The van der Waals surface area contributed by atoms with Crippen molar-refractivity contribution in [3.63, 3.8) is 0 Å². The first-order valence-electron chi connectivity index (χ1n) is 12.7. The number of ether oxygens (including phenoxy) is 2. The van der Waals surface area contributed by atoms with Crippen molar-refractivity contribution in [2.24, 2.45) is 0 Å². The number of piperazine rings is 1. The molecule has 0 saturated carbocycles. The van der Waals surface area contributed by atoms with Crippen LogP contribution in [-0.4, -0.2) is 60.1 Å². The third kappa shape index (κ3) is 7.31. The van der Waals surface area contributed by atoms with Gasteiger partial charge in [-0.15, -0.1) is 0 Å². The second-order valence-corrected chi connectivity index (χ2v) is 9.69. The molecule has 1 amide bonds. The number of nitrogens with one attached hydrogen (secondary N) is 1. The fourth-order valence-corrected chi connectivity index (χ4v) is 4.67. The molecule has 6 nitrogen and oxygen atoms in total. The van der Waals surface area contributed by atoms with E-state index in [0.717, 1.165) is 60.1 Å². The zero-order valence-corrected chi connectivity index (χ0v) is 22.6. The van der Waals surface area contributed by atoms with Crippen LogP contribution in [-0.2, 0) is 11.3 Å². The molecule has 37 heavy (non-hydrogen) atoms. The normalized spacial score (nSPS) is 13.8. The number of hydrogen-bond donors (Lipinski definition) is 1. The van der Waals surface area contributed by atoms with Crippen molar-refractivity contribution in [3.05, 3.63) is 89.0 Å². The highest BCUT2D eigenvalue weighted by Gasteiger charge is 2.21. The first-order valence-corrected chi connectivity index (χ1v) is 13.2. The van der Waals surface area contributed by atoms with E-state index >= 15 is 0 Å². The molecule has 1 N–H and O–H groups in total. The summed E-state index contributed by atoms with van der Waals surface area (Å²) in [5.41, 5.74) is 5.14. The molecule has 1 aliphatic heterocycles. The molecular formula is C30H35N3O3S. The third-order valence-electron chi connectivity index (χ3n) is 6.42. The van der Waals surface area contributed by atoms with Crippen molar-refractivity contribution < 1.29 is 14.3 Å². The molecule has 0 radical (unpaired) electrons. The van der Waals surface area contributed by atoms with Crippen LogP contribution in [0.25, 0.3) is 0 Å². The summed E-state index contributed by atoms with van der Waals surface area (Å²) in [5.74, 6) is 0.894. The number of carbonyl (C=O) groups is 1. The van der Waals surface area contributed by atoms with Crippen molar-refractivity contribution in [3.8, 4) is 11.5 Å². The lowest BCUT2D eigenvalue weighted by Gasteiger charge is -2.36. The first kappa shape index (κ1) is 26.6. The van der Waals surface area contributed by atoms with Gasteiger partial charge in [0.1, 0.15) is 4.99 Å². The van der Waals surface area contributed by atoms with Crippen LogP contribution in [0, 0.1) is 13.8 Å². The van der Waals surface area contributed by atoms with Gasteiger partial charge < -0.3 is 19.7 Å². The Morgan fingerprint density at radius 3 is 2.41 bits per heavy atom. The molecule has 0 aliphatic carbocycles. The number of hydrogen-bond acceptors (Lipinski definition) is 5. The number of carbonyl (C=O) groups excluding carboxylic acids is 1. The molecule has 7 heteroatoms. The Bertz CT molecular complexity index is 1220. The summed E-state index contributed by atoms with van der Waals surface area (Å²) in [6, 6.07) is 22.2. The second kappa shape index (κ2) is 12.7. The summed E-state index contributed by atoms with van der Waals surface area (Å²) in [7, 11) is 0. The van der Waals surface area contributed by atoms with E-state index in [1.54, 1.807) is 0 Å². The molecule has 1 heterocycles. The Balaban J connectivity index is 1.34. The van der Waals surface area contributed by atoms with E-state index in [-0.39, 0.29) is 12.5 Å². The average Bonchev–Trinajstić information content (AvgIpc) is 2.91. The molecule has 0 bridgehead atoms. The van der Waals surface area contributed by atoms with Gasteiger partial charge in [-0.1, -0.05) is 54.7 Å². The van der Waals surface area contributed by atoms with Crippen molar-refractivity contribution in [1.82, 2.24) is 9.80 Å². The Morgan fingerprint density at radius 2 is 1.68 bits per heavy atom. The summed E-state index contributed by atoms with van der Waals surface area (Å²) < 4.78 is 11.7. The molecular weight excluding hydrogens is 482 g/mol. The maximum atomic E-state index is 12.5. The zero-order chi connectivity index (χ0) is 26.2. The molecule has 1 fully saturated rings. The Kier molecular flexibility index (Phi) is 9.14. The minimum Gasteiger partial charge on any atom is -0.490 e. The van der Waals surface area contributed by atoms with Crippen molar-refractivity contribution >= 4 is 28.8 Å². The van der Waals surface area contributed by atoms with E-state index in [1.165, 1.54) is 5.56 Å². The maximum absolute atomic E-state index is 12.5. The number of nitrogens with zero attached hydrogens (tertiary/aromatic N) is 2. The highest BCUT2D eigenvalue weighted by molar-refractivity contribution is 7.80. The van der Waals surface area contributed by atoms with Crippen molar-refractivity contribution in [2.45, 2.75) is 27.3 Å². The van der Waals surface area contributed by atoms with E-state index in [0.29, 0.717) is 18.1 Å². The number of aryl methyl sites for hydroxylation is 2. The monoisotopic (exact) mass is 517 g/mol. The molecule has 1 saturated heterocycles. The maximum Gasteiger partial charge on any atom is 0.262 e. The highest BCUT2D eigenvalue weighted by atomic mass is 32.1. The van der Waals surface area contributed by atoms with Gasteiger partial charge in [0.2, 0.25) is 0 Å². The first-order chi connectivity index (χ1) is 17.9. The zero-order valence-electron chi connectivity index (χ0n) is 21.8. The fourth-order valence-electron chi connectivity index (χ4n) is 4.36. The minimum absolute atomic E-state index is 0.110. The predicted octanol–water partition coefficient (Wildman–Crippen LogP) is 5.21. The fraction of sp³-hybridized carbons (Fsp3) is 0.333. The Labute approximate surface area is 225 Å². The molecule has 3 aromatic rings. The summed E-state index contributed by atoms with van der Waals surface area (Å²) in [4.78, 5) is 18.0. The average molecular weight is 518 g/mol. The van der Waals surface area contributed by atoms with Gasteiger partial charge in [0.15, 0.2) is 18.1 Å². The number of amides is 1. The molecule has 4 rings (SSSR count). The van der Waals surface area contributed by atoms with E-state index in [4.69, 9.17) is 21.7 Å². The number of anilines is 1. The van der Waals surface area contributed by atoms with Crippen LogP contribution in [0.4, 0.5) is 5.69 Å². The number of thiocarbonyl (C=S) groups is 1. The minimum atomic E-state index is -0.218. The van der Waals surface area contributed by atoms with Crippen molar-refractivity contribution in [1.29, 1.82) is 0 Å². The van der Waals surface area contributed by atoms with E-state index < -0.39 is 0 Å². The van der Waals surface area contributed by atoms with Gasteiger partial charge in [-0.25, -0.2) is 0 Å². The molecule has 0 spiro atoms. The summed E-state index contributed by atoms with van der Waals surface area (Å²) in [5, 5.41) is 2.93. The van der Waals surface area contributed by atoms with Gasteiger partial charge in [-0.05, 0) is 61.7 Å². The van der Waals surface area contributed by atoms with Crippen LogP contribution < -0.4 is 14.8 Å². The largest absolute Gasteiger partial charge is 0.490 e. The lowest BCUT2D eigenvalue weighted by Crippen LogP contribution is -2.48. The van der Waals surface area contributed by atoms with Gasteiger partial charge in [0.05, 0.1) is 6.61 Å². The summed E-state index contributed by atoms with van der Waals surface area (Å²) in [6.07, 6.45) is 0. The molecule has 0 atom stereocenters. The van der Waals surface area contributed by atoms with Crippen LogP contribution >= 0.6 is 12.2 Å². The van der Waals surface area contributed by atoms with Crippen LogP contribution in [0.3, 0.4) is 0 Å². The van der Waals surface area contributed by atoms with Crippen LogP contribution in [0.1, 0.15) is 29.2 Å². The van der Waals surface area contributed by atoms with E-state index in [9.17, 15) is 4.79 Å². The molecule has 1 aliphatic rings. The van der Waals surface area contributed by atoms with Gasteiger partial charge in [-0.3, -0.25) is 9.69 Å². The molecule has 0 aromatic heterocycles. The lowest BCUT2D eigenvalue weighted by molar-refractivity contribution is -0.118. The number of rotatable bonds is 9. The van der Waals surface area contributed by atoms with Gasteiger partial charge in [0.25, 0.3) is 5.91 Å². The van der Waals surface area contributed by atoms with Crippen LogP contribution in [0.15, 0.2) is 66.7 Å². The summed E-state index contributed by atoms with van der Waals surface area (Å²) in [6.45, 7) is 10.9. The Morgan fingerprint density at radius 1 is 0.919 bits per heavy atom. The highest BCUT2D eigenvalue weighted by Crippen LogP contribution is 2.30. The molecule has 194 valence electrons. The predicted molar refractivity (Wildman–Crippen MR) is 153 cm³/mol. The van der Waals surface area contributed by atoms with Crippen molar-refractivity contribution in [2.75, 3.05) is 44.7 Å². The number of benzene rings is 3. The molecule has 0 unspecified atom stereocenters. The van der Waals surface area contributed by atoms with Gasteiger partial charge in [-0.2, -0.15) is 0 Å². The third-order valence-corrected chi connectivity index (χ3v) is 6.92. The Hall–Kier alpha value is -3.42. The lowest BCUT2D eigenvalue weighted by atomic mass is 10.1. The smallest absolute Gasteiger partial charge is 0.262 e. The molecule has 3 aromatic carbocycles. The topological polar surface area (TPSA) is 54.0 Å². The van der Waals surface area contributed by atoms with E-state index in [2.05, 4.69) is 39.4 Å². The van der Waals surface area contributed by atoms with Gasteiger partial charge in [0, 0.05) is 44.0 Å². The standard InChI is InChI=1S/C30H35N3O3S/c1-4-35-28-19-25(30(37)33-16-14-32(15-17-33)20-24-8-6-5-7-9-24)12-13-27(28)36-21-29(34)31-26-18-22(2)10-11-23(26)3/h5-13,18-19H,4,14-17,20-21H2,1-3H3,(H,31,34). The SMILES string of the molecule is CCOc1cc(C(=S)N2CCN(Cc3ccccc3)CC2)ccc1OCC(=O)Nc1cc(C)ccc1C. The van der Waals surface area contributed by atoms with Crippen LogP contribution in [0.2, 0.25) is 0 Å². The van der Waals surface area contributed by atoms with Gasteiger partial charge >= 0.3 is 0 Å². The quantitative estimate of drug-likeness (QED) is 0.393. The summed E-state index contributed by atoms with van der Waals surface area (Å²) >= 11 is 5.84. The van der Waals surface area contributed by atoms with E-state index in [1.807, 2.05) is 63.2 Å².